The number of amides is 1. The number of hydrogen-bond acceptors (Lipinski definition) is 9. The van der Waals surface area contributed by atoms with Crippen LogP contribution in [0.15, 0.2) is 35.6 Å². The van der Waals surface area contributed by atoms with Crippen molar-refractivity contribution in [3.05, 3.63) is 53.2 Å². The molecule has 2 N–H and O–H groups in total. The van der Waals surface area contributed by atoms with Gasteiger partial charge in [0.2, 0.25) is 21.9 Å². The molecule has 0 saturated carbocycles. The Hall–Kier alpha value is -3.91. The number of guanidine groups is 1. The summed E-state index contributed by atoms with van der Waals surface area (Å²) in [5.41, 5.74) is -1.94. The highest BCUT2D eigenvalue weighted by molar-refractivity contribution is 7.89. The van der Waals surface area contributed by atoms with Gasteiger partial charge in [0, 0.05) is 27.3 Å². The van der Waals surface area contributed by atoms with Gasteiger partial charge in [0.1, 0.15) is 30.4 Å². The van der Waals surface area contributed by atoms with Crippen LogP contribution in [-0.4, -0.2) is 97.3 Å². The van der Waals surface area contributed by atoms with E-state index in [0.717, 1.165) is 35.7 Å². The number of nitrogens with zero attached hydrogens (tertiary/aromatic N) is 5. The third kappa shape index (κ3) is 9.05. The number of aliphatic hydroxyl groups is 1. The van der Waals surface area contributed by atoms with Gasteiger partial charge < -0.3 is 19.7 Å². The van der Waals surface area contributed by atoms with Gasteiger partial charge in [0.05, 0.1) is 18.1 Å². The molecular weight excluding hydrogens is 616 g/mol. The van der Waals surface area contributed by atoms with E-state index in [1.165, 1.54) is 25.3 Å². The molecule has 0 saturated heterocycles. The quantitative estimate of drug-likeness (QED) is 0.170. The van der Waals surface area contributed by atoms with Crippen molar-refractivity contribution in [3.63, 3.8) is 0 Å². The molecule has 2 aromatic rings. The van der Waals surface area contributed by atoms with Crippen LogP contribution in [0.25, 0.3) is 11.9 Å². The van der Waals surface area contributed by atoms with E-state index in [1.54, 1.807) is 0 Å². The zero-order valence-electron chi connectivity index (χ0n) is 25.0. The Kier molecular flexibility index (Phi) is 11.2. The zero-order valence-corrected chi connectivity index (χ0v) is 26.9. The van der Waals surface area contributed by atoms with Crippen LogP contribution in [0, 0.1) is 17.7 Å². The summed E-state index contributed by atoms with van der Waals surface area (Å²) in [6, 6.07) is 4.34. The van der Waals surface area contributed by atoms with Crippen molar-refractivity contribution in [1.29, 1.82) is 0 Å². The maximum absolute atomic E-state index is 15.2. The number of halogens is 2. The number of carboxylic acid groups (broad SMARTS) is 1. The van der Waals surface area contributed by atoms with E-state index in [-0.39, 0.29) is 42.5 Å². The van der Waals surface area contributed by atoms with Gasteiger partial charge in [-0.05, 0) is 36.7 Å². The van der Waals surface area contributed by atoms with Crippen molar-refractivity contribution in [1.82, 2.24) is 19.2 Å². The molecule has 1 atom stereocenters. The molecule has 0 fully saturated rings. The van der Waals surface area contributed by atoms with Crippen LogP contribution in [0.2, 0.25) is 25.7 Å². The Morgan fingerprint density at radius 3 is 2.59 bits per heavy atom. The predicted molar refractivity (Wildman–Crippen MR) is 163 cm³/mol. The highest BCUT2D eigenvalue weighted by Crippen LogP contribution is 2.35. The van der Waals surface area contributed by atoms with Gasteiger partial charge in [0.25, 0.3) is 0 Å². The summed E-state index contributed by atoms with van der Waals surface area (Å²) < 4.78 is 68.3. The lowest BCUT2D eigenvalue weighted by atomic mass is 9.92. The van der Waals surface area contributed by atoms with Gasteiger partial charge in [-0.2, -0.15) is 0 Å². The average molecular weight is 652 g/mol. The molecule has 0 radical (unpaired) electrons. The van der Waals surface area contributed by atoms with Crippen LogP contribution >= 0.6 is 0 Å². The lowest BCUT2D eigenvalue weighted by Gasteiger charge is -2.38. The summed E-state index contributed by atoms with van der Waals surface area (Å²) in [5.74, 6) is 2.27. The Morgan fingerprint density at radius 2 is 1.98 bits per heavy atom. The largest absolute Gasteiger partial charge is 0.465 e. The van der Waals surface area contributed by atoms with E-state index < -0.39 is 59.8 Å². The molecule has 1 aromatic heterocycles. The summed E-state index contributed by atoms with van der Waals surface area (Å²) in [4.78, 5) is 25.1. The lowest BCUT2D eigenvalue weighted by Crippen LogP contribution is -2.55. The Balaban J connectivity index is 1.93. The summed E-state index contributed by atoms with van der Waals surface area (Å²) in [7, 11) is -4.48. The molecule has 1 aromatic carbocycles. The number of aliphatic hydroxyl groups excluding tert-OH is 1. The molecule has 1 unspecified atom stereocenters. The molecular formula is C28H35F2N5O7SSi. The molecule has 0 aliphatic carbocycles. The fourth-order valence-corrected chi connectivity index (χ4v) is 6.27. The average Bonchev–Trinajstić information content (AvgIpc) is 2.93. The van der Waals surface area contributed by atoms with Gasteiger partial charge in [0.15, 0.2) is 12.4 Å². The molecule has 16 heteroatoms. The first kappa shape index (κ1) is 34.6. The first-order valence-electron chi connectivity index (χ1n) is 13.4. The fraction of sp³-hybridized carbons (Fsp3) is 0.429. The predicted octanol–water partition coefficient (Wildman–Crippen LogP) is 3.60. The number of aromatic nitrogens is 2. The van der Waals surface area contributed by atoms with Crippen LogP contribution in [0.4, 0.5) is 13.6 Å². The van der Waals surface area contributed by atoms with Gasteiger partial charge in [-0.3, -0.25) is 0 Å². The van der Waals surface area contributed by atoms with E-state index in [9.17, 15) is 18.3 Å². The zero-order chi connectivity index (χ0) is 32.7. The number of aliphatic imine (C=N–C) groups is 1. The second-order valence-corrected chi connectivity index (χ2v) is 18.9. The standard InChI is InChI=1S/C28H35F2N5O7SSi/c1-28(18-43(39,40)34(2)26(33-28)35(27(37)38)19-41-12-13-44(3,4)5)21-14-20(8-9-22(21)29)15-23(30)24-16-32-25(17-31-24)42-11-7-6-10-36/h8-9,14-17,36H,10-13,18-19H2,1-5H3,(H,37,38). The number of hydrogen-bond donors (Lipinski definition) is 2. The highest BCUT2D eigenvalue weighted by Gasteiger charge is 2.45. The minimum Gasteiger partial charge on any atom is -0.465 e. The maximum Gasteiger partial charge on any atom is 0.416 e. The second-order valence-electron chi connectivity index (χ2n) is 11.2. The fourth-order valence-electron chi connectivity index (χ4n) is 4.00. The third-order valence-corrected chi connectivity index (χ3v) is 10.1. The van der Waals surface area contributed by atoms with Crippen molar-refractivity contribution in [2.75, 3.05) is 39.4 Å². The summed E-state index contributed by atoms with van der Waals surface area (Å²) in [6.45, 7) is 7.18. The van der Waals surface area contributed by atoms with Gasteiger partial charge in [-0.15, -0.1) is 0 Å². The van der Waals surface area contributed by atoms with Crippen molar-refractivity contribution in [3.8, 4) is 17.7 Å². The Morgan fingerprint density at radius 1 is 1.25 bits per heavy atom. The number of rotatable bonds is 10. The molecule has 0 bridgehead atoms. The monoisotopic (exact) mass is 651 g/mol. The SMILES string of the molecule is CN1C(N(COCC[Si](C)(C)C)C(=O)O)=NC(C)(c2cc(C=C(F)c3cnc(OCC#CCO)cn3)ccc2F)CS1(=O)=O. The van der Waals surface area contributed by atoms with Gasteiger partial charge >= 0.3 is 6.09 Å². The van der Waals surface area contributed by atoms with Crippen molar-refractivity contribution in [2.45, 2.75) is 38.1 Å². The molecule has 238 valence electrons. The molecule has 1 amide bonds. The van der Waals surface area contributed by atoms with Crippen molar-refractivity contribution in [2.24, 2.45) is 4.99 Å². The summed E-state index contributed by atoms with van der Waals surface area (Å²) in [5, 5.41) is 18.6. The Labute approximate surface area is 256 Å². The van der Waals surface area contributed by atoms with E-state index in [0.29, 0.717) is 4.90 Å². The van der Waals surface area contributed by atoms with Crippen LogP contribution in [-0.2, 0) is 20.3 Å². The van der Waals surface area contributed by atoms with E-state index >= 15 is 8.78 Å². The van der Waals surface area contributed by atoms with Crippen LogP contribution < -0.4 is 4.74 Å². The first-order valence-corrected chi connectivity index (χ1v) is 18.7. The maximum atomic E-state index is 15.2. The Bertz CT molecular complexity index is 1590. The number of benzene rings is 1. The van der Waals surface area contributed by atoms with Crippen molar-refractivity contribution >= 4 is 42.1 Å². The summed E-state index contributed by atoms with van der Waals surface area (Å²) >= 11 is 0. The smallest absolute Gasteiger partial charge is 0.416 e. The molecule has 12 nitrogen and oxygen atoms in total. The molecule has 3 rings (SSSR count). The van der Waals surface area contributed by atoms with Crippen molar-refractivity contribution < 1.29 is 41.7 Å². The molecule has 44 heavy (non-hydrogen) atoms. The third-order valence-electron chi connectivity index (χ3n) is 6.43. The summed E-state index contributed by atoms with van der Waals surface area (Å²) in [6.07, 6.45) is 1.87. The molecule has 0 spiro atoms. The first-order chi connectivity index (χ1) is 20.6. The topological polar surface area (TPSA) is 155 Å². The van der Waals surface area contributed by atoms with Crippen LogP contribution in [0.1, 0.15) is 23.7 Å². The second kappa shape index (κ2) is 14.2. The van der Waals surface area contributed by atoms with Crippen LogP contribution in [0.5, 0.6) is 5.88 Å². The van der Waals surface area contributed by atoms with E-state index in [1.807, 2.05) is 0 Å². The molecule has 1 aliphatic rings. The minimum atomic E-state index is -4.17. The minimum absolute atomic E-state index is 0.0460. The van der Waals surface area contributed by atoms with Crippen LogP contribution in [0.3, 0.4) is 0 Å². The normalized spacial score (nSPS) is 18.2. The van der Waals surface area contributed by atoms with E-state index in [4.69, 9.17) is 14.6 Å². The van der Waals surface area contributed by atoms with Gasteiger partial charge in [-0.25, -0.2) is 46.2 Å². The highest BCUT2D eigenvalue weighted by atomic mass is 32.2. The number of sulfonamides is 1. The number of ether oxygens (including phenoxy) is 2. The molecule has 1 aliphatic heterocycles. The van der Waals surface area contributed by atoms with Gasteiger partial charge in [-0.1, -0.05) is 37.5 Å². The lowest BCUT2D eigenvalue weighted by molar-refractivity contribution is 0.0653. The molecule has 2 heterocycles. The number of carbonyl (C=O) groups is 1. The van der Waals surface area contributed by atoms with E-state index in [2.05, 4.69) is 46.4 Å².